The Hall–Kier alpha value is -2.57. The van der Waals surface area contributed by atoms with E-state index in [0.29, 0.717) is 5.69 Å². The lowest BCUT2D eigenvalue weighted by molar-refractivity contribution is 0.102. The van der Waals surface area contributed by atoms with Crippen LogP contribution in [0.1, 0.15) is 16.1 Å². The summed E-state index contributed by atoms with van der Waals surface area (Å²) < 4.78 is 25.8. The monoisotopic (exact) mass is 265 g/mol. The molecule has 98 valence electrons. The molecule has 0 aliphatic rings. The predicted octanol–water partition coefficient (Wildman–Crippen LogP) is 1.61. The van der Waals surface area contributed by atoms with E-state index in [1.807, 2.05) is 0 Å². The molecule has 0 spiro atoms. The van der Waals surface area contributed by atoms with Gasteiger partial charge >= 0.3 is 0 Å². The number of halogens is 2. The van der Waals surface area contributed by atoms with Crippen molar-refractivity contribution in [1.82, 2.24) is 9.97 Å². The Morgan fingerprint density at radius 3 is 2.63 bits per heavy atom. The predicted molar refractivity (Wildman–Crippen MR) is 63.9 cm³/mol. The molecule has 0 saturated carbocycles. The summed E-state index contributed by atoms with van der Waals surface area (Å²) in [5.41, 5.74) is -0.468. The van der Waals surface area contributed by atoms with Crippen molar-refractivity contribution in [2.75, 3.05) is 5.32 Å². The number of nitrogens with zero attached hydrogens (tertiary/aromatic N) is 1. The molecule has 0 saturated heterocycles. The minimum atomic E-state index is -1.16. The molecule has 7 heteroatoms. The summed E-state index contributed by atoms with van der Waals surface area (Å²) in [7, 11) is 0. The Balaban J connectivity index is 2.28. The number of amides is 1. The molecule has 0 aliphatic carbocycles. The molecule has 2 aromatic heterocycles. The van der Waals surface area contributed by atoms with Crippen LogP contribution in [0.3, 0.4) is 0 Å². The first-order chi connectivity index (χ1) is 8.97. The highest BCUT2D eigenvalue weighted by Crippen LogP contribution is 2.12. The SMILES string of the molecule is Cc1ccc(C(=O)Nc2ccc(F)nc2F)c(=O)[nH]1. The number of hydrogen-bond acceptors (Lipinski definition) is 3. The van der Waals surface area contributed by atoms with Gasteiger partial charge in [0, 0.05) is 5.69 Å². The molecular formula is C12H9F2N3O2. The van der Waals surface area contributed by atoms with Crippen molar-refractivity contribution in [2.24, 2.45) is 0 Å². The van der Waals surface area contributed by atoms with Gasteiger partial charge in [-0.3, -0.25) is 9.59 Å². The number of carbonyl (C=O) groups is 1. The van der Waals surface area contributed by atoms with Crippen molar-refractivity contribution >= 4 is 11.6 Å². The van der Waals surface area contributed by atoms with E-state index in [2.05, 4.69) is 15.3 Å². The fourth-order valence-corrected chi connectivity index (χ4v) is 1.45. The maximum absolute atomic E-state index is 13.2. The van der Waals surface area contributed by atoms with Gasteiger partial charge in [-0.2, -0.15) is 13.8 Å². The van der Waals surface area contributed by atoms with Gasteiger partial charge in [0.25, 0.3) is 11.5 Å². The van der Waals surface area contributed by atoms with E-state index >= 15 is 0 Å². The highest BCUT2D eigenvalue weighted by molar-refractivity contribution is 6.03. The normalized spacial score (nSPS) is 10.3. The molecule has 0 aromatic carbocycles. The van der Waals surface area contributed by atoms with Crippen LogP contribution in [0.5, 0.6) is 0 Å². The second kappa shape index (κ2) is 4.97. The molecule has 0 atom stereocenters. The molecule has 0 radical (unpaired) electrons. The maximum Gasteiger partial charge on any atom is 0.261 e. The standard InChI is InChI=1S/C12H9F2N3O2/c1-6-2-3-7(11(18)15-6)12(19)16-8-4-5-9(13)17-10(8)14/h2-5H,1H3,(H,15,18)(H,16,19). The lowest BCUT2D eigenvalue weighted by atomic mass is 10.2. The number of pyridine rings is 2. The van der Waals surface area contributed by atoms with Crippen LogP contribution in [0.4, 0.5) is 14.5 Å². The Bertz CT molecular complexity index is 698. The Morgan fingerprint density at radius 2 is 2.00 bits per heavy atom. The number of aromatic nitrogens is 2. The molecule has 0 unspecified atom stereocenters. The topological polar surface area (TPSA) is 74.8 Å². The number of nitrogens with one attached hydrogen (secondary N) is 2. The number of rotatable bonds is 2. The molecule has 0 bridgehead atoms. The van der Waals surface area contributed by atoms with Crippen molar-refractivity contribution < 1.29 is 13.6 Å². The van der Waals surface area contributed by atoms with Crippen LogP contribution in [-0.2, 0) is 0 Å². The second-order valence-corrected chi connectivity index (χ2v) is 3.81. The van der Waals surface area contributed by atoms with Crippen LogP contribution >= 0.6 is 0 Å². The lowest BCUT2D eigenvalue weighted by Crippen LogP contribution is -2.23. The van der Waals surface area contributed by atoms with E-state index in [1.165, 1.54) is 12.1 Å². The lowest BCUT2D eigenvalue weighted by Gasteiger charge is -2.05. The van der Waals surface area contributed by atoms with Crippen LogP contribution in [0, 0.1) is 18.8 Å². The van der Waals surface area contributed by atoms with Crippen LogP contribution in [-0.4, -0.2) is 15.9 Å². The van der Waals surface area contributed by atoms with E-state index in [0.717, 1.165) is 12.1 Å². The highest BCUT2D eigenvalue weighted by atomic mass is 19.1. The largest absolute Gasteiger partial charge is 0.326 e. The Morgan fingerprint density at radius 1 is 1.26 bits per heavy atom. The van der Waals surface area contributed by atoms with Gasteiger partial charge in [-0.15, -0.1) is 0 Å². The molecule has 2 aromatic rings. The molecule has 0 fully saturated rings. The number of aryl methyl sites for hydroxylation is 1. The third kappa shape index (κ3) is 2.82. The number of aromatic amines is 1. The minimum Gasteiger partial charge on any atom is -0.326 e. The van der Waals surface area contributed by atoms with Gasteiger partial charge in [0.15, 0.2) is 0 Å². The molecule has 19 heavy (non-hydrogen) atoms. The van der Waals surface area contributed by atoms with Gasteiger partial charge in [-0.1, -0.05) is 0 Å². The average Bonchev–Trinajstić information content (AvgIpc) is 2.32. The van der Waals surface area contributed by atoms with Crippen LogP contribution < -0.4 is 10.9 Å². The molecule has 0 aliphatic heterocycles. The van der Waals surface area contributed by atoms with Crippen LogP contribution in [0.15, 0.2) is 29.1 Å². The Labute approximate surface area is 106 Å². The maximum atomic E-state index is 13.2. The van der Waals surface area contributed by atoms with Crippen molar-refractivity contribution in [3.8, 4) is 0 Å². The Kier molecular flexibility index (Phi) is 3.37. The fourth-order valence-electron chi connectivity index (χ4n) is 1.45. The molecule has 2 heterocycles. The van der Waals surface area contributed by atoms with Crippen molar-refractivity contribution in [3.05, 3.63) is 57.8 Å². The quantitative estimate of drug-likeness (QED) is 0.810. The third-order valence-electron chi connectivity index (χ3n) is 2.36. The number of carbonyl (C=O) groups excluding carboxylic acids is 1. The van der Waals surface area contributed by atoms with Gasteiger partial charge in [0.05, 0.1) is 5.69 Å². The molecule has 5 nitrogen and oxygen atoms in total. The van der Waals surface area contributed by atoms with Crippen molar-refractivity contribution in [1.29, 1.82) is 0 Å². The van der Waals surface area contributed by atoms with Gasteiger partial charge in [0.1, 0.15) is 5.56 Å². The molecular weight excluding hydrogens is 256 g/mol. The second-order valence-electron chi connectivity index (χ2n) is 3.81. The summed E-state index contributed by atoms with van der Waals surface area (Å²) in [6.07, 6.45) is 0. The summed E-state index contributed by atoms with van der Waals surface area (Å²) in [6.45, 7) is 1.66. The highest BCUT2D eigenvalue weighted by Gasteiger charge is 2.13. The van der Waals surface area contributed by atoms with Gasteiger partial charge in [0.2, 0.25) is 11.9 Å². The average molecular weight is 265 g/mol. The summed E-state index contributed by atoms with van der Waals surface area (Å²) in [4.78, 5) is 28.7. The number of H-pyrrole nitrogens is 1. The molecule has 2 rings (SSSR count). The zero-order valence-corrected chi connectivity index (χ0v) is 9.83. The van der Waals surface area contributed by atoms with E-state index in [1.54, 1.807) is 6.92 Å². The molecule has 1 amide bonds. The molecule has 2 N–H and O–H groups in total. The number of hydrogen-bond donors (Lipinski definition) is 2. The van der Waals surface area contributed by atoms with Gasteiger partial charge in [-0.25, -0.2) is 0 Å². The first kappa shape index (κ1) is 12.9. The van der Waals surface area contributed by atoms with Crippen molar-refractivity contribution in [2.45, 2.75) is 6.92 Å². The zero-order valence-electron chi connectivity index (χ0n) is 9.83. The van der Waals surface area contributed by atoms with Gasteiger partial charge in [-0.05, 0) is 31.2 Å². The first-order valence-corrected chi connectivity index (χ1v) is 5.30. The van der Waals surface area contributed by atoms with E-state index in [-0.39, 0.29) is 11.3 Å². The summed E-state index contributed by atoms with van der Waals surface area (Å²) in [6, 6.07) is 4.78. The van der Waals surface area contributed by atoms with E-state index < -0.39 is 23.4 Å². The zero-order chi connectivity index (χ0) is 14.0. The van der Waals surface area contributed by atoms with E-state index in [9.17, 15) is 18.4 Å². The van der Waals surface area contributed by atoms with Crippen LogP contribution in [0.25, 0.3) is 0 Å². The summed E-state index contributed by atoms with van der Waals surface area (Å²) >= 11 is 0. The smallest absolute Gasteiger partial charge is 0.261 e. The van der Waals surface area contributed by atoms with Crippen molar-refractivity contribution in [3.63, 3.8) is 0 Å². The van der Waals surface area contributed by atoms with E-state index in [4.69, 9.17) is 0 Å². The van der Waals surface area contributed by atoms with Crippen LogP contribution in [0.2, 0.25) is 0 Å². The van der Waals surface area contributed by atoms with Gasteiger partial charge < -0.3 is 10.3 Å². The summed E-state index contributed by atoms with van der Waals surface area (Å²) in [5.74, 6) is -2.95. The third-order valence-corrected chi connectivity index (χ3v) is 2.36. The number of anilines is 1. The summed E-state index contributed by atoms with van der Waals surface area (Å²) in [5, 5.41) is 2.15. The fraction of sp³-hybridized carbons (Fsp3) is 0.0833. The first-order valence-electron chi connectivity index (χ1n) is 5.30. The minimum absolute atomic E-state index is 0.172.